The van der Waals surface area contributed by atoms with Gasteiger partial charge in [0.15, 0.2) is 0 Å². The van der Waals surface area contributed by atoms with E-state index in [1.54, 1.807) is 0 Å². The van der Waals surface area contributed by atoms with E-state index in [2.05, 4.69) is 59.6 Å². The summed E-state index contributed by atoms with van der Waals surface area (Å²) in [5, 5.41) is 4.57. The summed E-state index contributed by atoms with van der Waals surface area (Å²) in [5.41, 5.74) is 5.77. The number of benzene rings is 2. The zero-order valence-corrected chi connectivity index (χ0v) is 19.5. The van der Waals surface area contributed by atoms with Gasteiger partial charge >= 0.3 is 0 Å². The number of unbranched alkanes of at least 4 members (excludes halogenated alkanes) is 2. The van der Waals surface area contributed by atoms with Crippen molar-refractivity contribution in [1.82, 2.24) is 14.9 Å². The average molecular weight is 455 g/mol. The van der Waals surface area contributed by atoms with E-state index < -0.39 is 0 Å². The second kappa shape index (κ2) is 9.99. The van der Waals surface area contributed by atoms with Crippen LogP contribution in [0.25, 0.3) is 11.3 Å². The molecule has 162 valence electrons. The third-order valence-corrected chi connectivity index (χ3v) is 6.53. The third-order valence-electron chi connectivity index (χ3n) is 5.79. The molecule has 0 amide bonds. The molecular formula is C25H28Cl2N4. The zero-order valence-electron chi connectivity index (χ0n) is 18.0. The Balaban J connectivity index is 1.52. The van der Waals surface area contributed by atoms with Gasteiger partial charge < -0.3 is 10.2 Å². The lowest BCUT2D eigenvalue weighted by Crippen LogP contribution is -2.16. The SMILES string of the molecule is CN(C)CCCCCNc1ncc2c(n1)-c1ccccc1C(c1ccc(Cl)c(Cl)c1)C2. The van der Waals surface area contributed by atoms with Crippen molar-refractivity contribution in [3.05, 3.63) is 75.4 Å². The minimum absolute atomic E-state index is 0.206. The molecule has 1 aliphatic carbocycles. The molecule has 6 heteroatoms. The van der Waals surface area contributed by atoms with Crippen LogP contribution in [0, 0.1) is 0 Å². The zero-order chi connectivity index (χ0) is 21.8. The number of anilines is 1. The summed E-state index contributed by atoms with van der Waals surface area (Å²) in [5.74, 6) is 0.909. The predicted molar refractivity (Wildman–Crippen MR) is 130 cm³/mol. The van der Waals surface area contributed by atoms with Crippen LogP contribution in [0.4, 0.5) is 5.95 Å². The maximum atomic E-state index is 6.31. The Morgan fingerprint density at radius 3 is 2.68 bits per heavy atom. The van der Waals surface area contributed by atoms with Crippen molar-refractivity contribution in [2.75, 3.05) is 32.5 Å². The number of fused-ring (bicyclic) bond motifs is 3. The van der Waals surface area contributed by atoms with Crippen LogP contribution in [0.15, 0.2) is 48.7 Å². The van der Waals surface area contributed by atoms with Crippen LogP contribution in [0.2, 0.25) is 10.0 Å². The fourth-order valence-corrected chi connectivity index (χ4v) is 4.48. The van der Waals surface area contributed by atoms with Crippen LogP contribution in [-0.2, 0) is 6.42 Å². The van der Waals surface area contributed by atoms with E-state index >= 15 is 0 Å². The Bertz CT molecular complexity index is 1050. The van der Waals surface area contributed by atoms with E-state index in [1.165, 1.54) is 18.4 Å². The van der Waals surface area contributed by atoms with Crippen molar-refractivity contribution in [1.29, 1.82) is 0 Å². The summed E-state index contributed by atoms with van der Waals surface area (Å²) in [6.45, 7) is 2.02. The van der Waals surface area contributed by atoms with E-state index in [0.29, 0.717) is 16.0 Å². The van der Waals surface area contributed by atoms with Crippen molar-refractivity contribution in [3.8, 4) is 11.3 Å². The maximum absolute atomic E-state index is 6.31. The van der Waals surface area contributed by atoms with E-state index in [-0.39, 0.29) is 5.92 Å². The first-order valence-electron chi connectivity index (χ1n) is 10.8. The average Bonchev–Trinajstić information content (AvgIpc) is 2.77. The summed E-state index contributed by atoms with van der Waals surface area (Å²) < 4.78 is 0. The van der Waals surface area contributed by atoms with Gasteiger partial charge in [-0.2, -0.15) is 0 Å². The standard InChI is InChI=1S/C25H28Cl2N4/c1-31(2)13-7-3-6-12-28-25-29-16-18-14-21(17-10-11-22(26)23(27)15-17)19-8-4-5-9-20(19)24(18)30-25/h4-5,8-11,15-16,21H,3,6-7,12-14H2,1-2H3,(H,28,29,30). The molecule has 0 saturated carbocycles. The highest BCUT2D eigenvalue weighted by Gasteiger charge is 2.27. The van der Waals surface area contributed by atoms with Gasteiger partial charge in [-0.25, -0.2) is 9.97 Å². The molecule has 31 heavy (non-hydrogen) atoms. The number of halogens is 2. The molecule has 1 aliphatic rings. The van der Waals surface area contributed by atoms with Crippen LogP contribution in [0.3, 0.4) is 0 Å². The third kappa shape index (κ3) is 5.20. The van der Waals surface area contributed by atoms with Gasteiger partial charge in [-0.3, -0.25) is 0 Å². The first kappa shape index (κ1) is 22.1. The highest BCUT2D eigenvalue weighted by molar-refractivity contribution is 6.42. The molecule has 1 atom stereocenters. The van der Waals surface area contributed by atoms with E-state index in [1.807, 2.05) is 18.3 Å². The fraction of sp³-hybridized carbons (Fsp3) is 0.360. The molecule has 0 spiro atoms. The van der Waals surface area contributed by atoms with E-state index in [4.69, 9.17) is 28.2 Å². The first-order valence-corrected chi connectivity index (χ1v) is 11.6. The Morgan fingerprint density at radius 2 is 1.87 bits per heavy atom. The van der Waals surface area contributed by atoms with Crippen LogP contribution >= 0.6 is 23.2 Å². The number of hydrogen-bond donors (Lipinski definition) is 1. The van der Waals surface area contributed by atoms with Crippen LogP contribution in [-0.4, -0.2) is 42.1 Å². The number of aromatic nitrogens is 2. The number of hydrogen-bond acceptors (Lipinski definition) is 4. The Hall–Kier alpha value is -2.14. The molecule has 1 aromatic heterocycles. The lowest BCUT2D eigenvalue weighted by atomic mass is 9.78. The van der Waals surface area contributed by atoms with Crippen molar-refractivity contribution in [2.45, 2.75) is 31.6 Å². The molecule has 0 aliphatic heterocycles. The predicted octanol–water partition coefficient (Wildman–Crippen LogP) is 6.28. The molecule has 4 nitrogen and oxygen atoms in total. The molecule has 0 bridgehead atoms. The summed E-state index contributed by atoms with van der Waals surface area (Å²) in [7, 11) is 4.23. The normalized spacial score (nSPS) is 14.9. The second-order valence-corrected chi connectivity index (χ2v) is 9.19. The Kier molecular flexibility index (Phi) is 7.11. The first-order chi connectivity index (χ1) is 15.0. The molecule has 1 unspecified atom stereocenters. The summed E-state index contributed by atoms with van der Waals surface area (Å²) in [4.78, 5) is 11.7. The molecule has 0 saturated heterocycles. The maximum Gasteiger partial charge on any atom is 0.223 e. The van der Waals surface area contributed by atoms with Crippen molar-refractivity contribution < 1.29 is 0 Å². The summed E-state index contributed by atoms with van der Waals surface area (Å²) >= 11 is 12.5. The summed E-state index contributed by atoms with van der Waals surface area (Å²) in [6.07, 6.45) is 6.34. The molecule has 1 N–H and O–H groups in total. The molecule has 3 aromatic rings. The largest absolute Gasteiger partial charge is 0.354 e. The highest BCUT2D eigenvalue weighted by Crippen LogP contribution is 2.42. The molecule has 0 fully saturated rings. The molecule has 0 radical (unpaired) electrons. The van der Waals surface area contributed by atoms with Crippen LogP contribution in [0.1, 0.15) is 41.9 Å². The van der Waals surface area contributed by atoms with Crippen molar-refractivity contribution in [2.24, 2.45) is 0 Å². The molecule has 1 heterocycles. The van der Waals surface area contributed by atoms with Crippen molar-refractivity contribution in [3.63, 3.8) is 0 Å². The van der Waals surface area contributed by atoms with Gasteiger partial charge in [-0.1, -0.05) is 60.0 Å². The van der Waals surface area contributed by atoms with Gasteiger partial charge in [0.1, 0.15) is 0 Å². The van der Waals surface area contributed by atoms with Crippen LogP contribution in [0.5, 0.6) is 0 Å². The second-order valence-electron chi connectivity index (χ2n) is 8.38. The highest BCUT2D eigenvalue weighted by atomic mass is 35.5. The van der Waals surface area contributed by atoms with E-state index in [0.717, 1.165) is 48.3 Å². The van der Waals surface area contributed by atoms with E-state index in [9.17, 15) is 0 Å². The minimum atomic E-state index is 0.206. The number of nitrogens with one attached hydrogen (secondary N) is 1. The monoisotopic (exact) mass is 454 g/mol. The lowest BCUT2D eigenvalue weighted by Gasteiger charge is -2.27. The van der Waals surface area contributed by atoms with Crippen LogP contribution < -0.4 is 5.32 Å². The quantitative estimate of drug-likeness (QED) is 0.406. The van der Waals surface area contributed by atoms with Gasteiger partial charge in [0, 0.05) is 24.2 Å². The smallest absolute Gasteiger partial charge is 0.223 e. The number of rotatable bonds is 8. The topological polar surface area (TPSA) is 41.0 Å². The molecule has 2 aromatic carbocycles. The van der Waals surface area contributed by atoms with Crippen molar-refractivity contribution >= 4 is 29.2 Å². The molecular weight excluding hydrogens is 427 g/mol. The molecule has 4 rings (SSSR count). The summed E-state index contributed by atoms with van der Waals surface area (Å²) in [6, 6.07) is 14.4. The van der Waals surface area contributed by atoms with Gasteiger partial charge in [-0.15, -0.1) is 0 Å². The Morgan fingerprint density at radius 1 is 1.03 bits per heavy atom. The van der Waals surface area contributed by atoms with Gasteiger partial charge in [0.2, 0.25) is 5.95 Å². The van der Waals surface area contributed by atoms with Gasteiger partial charge in [-0.05, 0) is 68.7 Å². The van der Waals surface area contributed by atoms with Gasteiger partial charge in [0.05, 0.1) is 15.7 Å². The lowest BCUT2D eigenvalue weighted by molar-refractivity contribution is 0.392. The fourth-order valence-electron chi connectivity index (χ4n) is 4.18. The number of nitrogens with zero attached hydrogens (tertiary/aromatic N) is 3. The minimum Gasteiger partial charge on any atom is -0.354 e. The van der Waals surface area contributed by atoms with Gasteiger partial charge in [0.25, 0.3) is 0 Å². The Labute approximate surface area is 194 Å².